The van der Waals surface area contributed by atoms with Crippen molar-refractivity contribution >= 4 is 29.2 Å². The summed E-state index contributed by atoms with van der Waals surface area (Å²) in [5.74, 6) is -0.848. The van der Waals surface area contributed by atoms with E-state index in [9.17, 15) is 9.90 Å². The van der Waals surface area contributed by atoms with Gasteiger partial charge in [0.25, 0.3) is 0 Å². The predicted molar refractivity (Wildman–Crippen MR) is 137 cm³/mol. The van der Waals surface area contributed by atoms with Crippen LogP contribution in [0.2, 0.25) is 10.0 Å². The number of halogens is 2. The lowest BCUT2D eigenvalue weighted by Crippen LogP contribution is -2.39. The number of aliphatic hydroxyl groups excluding tert-OH is 1. The van der Waals surface area contributed by atoms with Gasteiger partial charge in [-0.15, -0.1) is 0 Å². The minimum Gasteiger partial charge on any atom is -0.481 e. The van der Waals surface area contributed by atoms with E-state index >= 15 is 0 Å². The van der Waals surface area contributed by atoms with Crippen LogP contribution in [0.5, 0.6) is 0 Å². The molecule has 3 atom stereocenters. The molecule has 1 unspecified atom stereocenters. The summed E-state index contributed by atoms with van der Waals surface area (Å²) in [6, 6.07) is 12.2. The number of β-amino-alcohol motifs (C(OH)–C–C–N with tert-alkyl or cyclic N) is 1. The molecule has 0 amide bonds. The minimum atomic E-state index is -0.848. The molecule has 0 radical (unpaired) electrons. The number of hydrogen-bond donors (Lipinski definition) is 2. The quantitative estimate of drug-likeness (QED) is 0.384. The Morgan fingerprint density at radius 1 is 1.21 bits per heavy atom. The van der Waals surface area contributed by atoms with Gasteiger partial charge in [0, 0.05) is 29.1 Å². The first-order valence-corrected chi connectivity index (χ1v) is 12.8. The molecule has 186 valence electrons. The number of aliphatic hydroxyl groups is 1. The molecule has 1 fully saturated rings. The van der Waals surface area contributed by atoms with Crippen molar-refractivity contribution in [3.05, 3.63) is 68.7 Å². The first-order valence-electron chi connectivity index (χ1n) is 12.1. The van der Waals surface area contributed by atoms with E-state index in [1.807, 2.05) is 19.1 Å². The molecular formula is C27H35Cl2NO4. The lowest BCUT2D eigenvalue weighted by atomic mass is 9.99. The third-order valence-corrected chi connectivity index (χ3v) is 7.20. The van der Waals surface area contributed by atoms with E-state index in [4.69, 9.17) is 33.0 Å². The van der Waals surface area contributed by atoms with Crippen LogP contribution in [0.3, 0.4) is 0 Å². The summed E-state index contributed by atoms with van der Waals surface area (Å²) in [4.78, 5) is 13.4. The van der Waals surface area contributed by atoms with E-state index in [-0.39, 0.29) is 19.1 Å². The SMILES string of the molecule is CCc1cc(C[C@@H]2CCCN2CC(O)CO[C@H](C)c2ccc(Cl)cc2CCC(=O)O)ccc1Cl. The molecule has 0 saturated carbocycles. The van der Waals surface area contributed by atoms with Crippen LogP contribution in [-0.2, 0) is 28.8 Å². The Morgan fingerprint density at radius 3 is 2.74 bits per heavy atom. The number of carbonyl (C=O) groups is 1. The summed E-state index contributed by atoms with van der Waals surface area (Å²) in [7, 11) is 0. The summed E-state index contributed by atoms with van der Waals surface area (Å²) < 4.78 is 6.00. The zero-order valence-electron chi connectivity index (χ0n) is 20.0. The first kappa shape index (κ1) is 27.0. The zero-order chi connectivity index (χ0) is 24.7. The van der Waals surface area contributed by atoms with Gasteiger partial charge in [-0.25, -0.2) is 0 Å². The van der Waals surface area contributed by atoms with Gasteiger partial charge < -0.3 is 14.9 Å². The number of benzene rings is 2. The van der Waals surface area contributed by atoms with Crippen LogP contribution in [0.25, 0.3) is 0 Å². The fourth-order valence-corrected chi connectivity index (χ4v) is 5.21. The number of rotatable bonds is 12. The number of carboxylic acids is 1. The lowest BCUT2D eigenvalue weighted by Gasteiger charge is -2.28. The molecule has 1 heterocycles. The van der Waals surface area contributed by atoms with Gasteiger partial charge in [-0.05, 0) is 86.0 Å². The highest BCUT2D eigenvalue weighted by atomic mass is 35.5. The van der Waals surface area contributed by atoms with E-state index in [1.165, 1.54) is 11.1 Å². The smallest absolute Gasteiger partial charge is 0.303 e. The second-order valence-corrected chi connectivity index (χ2v) is 9.98. The van der Waals surface area contributed by atoms with Crippen molar-refractivity contribution in [2.45, 2.75) is 70.6 Å². The van der Waals surface area contributed by atoms with Crippen molar-refractivity contribution in [2.75, 3.05) is 19.7 Å². The zero-order valence-corrected chi connectivity index (χ0v) is 21.5. The Hall–Kier alpha value is -1.63. The van der Waals surface area contributed by atoms with Gasteiger partial charge >= 0.3 is 5.97 Å². The molecule has 0 aromatic heterocycles. The van der Waals surface area contributed by atoms with Crippen molar-refractivity contribution < 1.29 is 19.7 Å². The van der Waals surface area contributed by atoms with Gasteiger partial charge in [0.1, 0.15) is 0 Å². The van der Waals surface area contributed by atoms with E-state index < -0.39 is 12.1 Å². The number of ether oxygens (including phenoxy) is 1. The summed E-state index contributed by atoms with van der Waals surface area (Å²) in [6.45, 7) is 5.79. The van der Waals surface area contributed by atoms with Gasteiger partial charge in [-0.1, -0.05) is 48.3 Å². The van der Waals surface area contributed by atoms with Crippen molar-refractivity contribution in [2.24, 2.45) is 0 Å². The highest BCUT2D eigenvalue weighted by Gasteiger charge is 2.27. The monoisotopic (exact) mass is 507 g/mol. The van der Waals surface area contributed by atoms with Gasteiger partial charge in [-0.3, -0.25) is 9.69 Å². The summed E-state index contributed by atoms with van der Waals surface area (Å²) in [5.41, 5.74) is 4.24. The molecule has 0 aliphatic carbocycles. The molecule has 7 heteroatoms. The molecule has 0 bridgehead atoms. The van der Waals surface area contributed by atoms with Gasteiger partial charge in [0.05, 0.1) is 18.8 Å². The molecule has 1 saturated heterocycles. The second-order valence-electron chi connectivity index (χ2n) is 9.14. The Morgan fingerprint density at radius 2 is 2.00 bits per heavy atom. The maximum Gasteiger partial charge on any atom is 0.303 e. The predicted octanol–water partition coefficient (Wildman–Crippen LogP) is 5.72. The molecule has 1 aliphatic heterocycles. The number of hydrogen-bond acceptors (Lipinski definition) is 4. The number of nitrogens with zero attached hydrogens (tertiary/aromatic N) is 1. The molecule has 34 heavy (non-hydrogen) atoms. The van der Waals surface area contributed by atoms with Crippen molar-refractivity contribution in [1.29, 1.82) is 0 Å². The lowest BCUT2D eigenvalue weighted by molar-refractivity contribution is -0.136. The number of aryl methyl sites for hydroxylation is 2. The minimum absolute atomic E-state index is 0.0341. The normalized spacial score (nSPS) is 18.2. The summed E-state index contributed by atoms with van der Waals surface area (Å²) in [6.07, 6.45) is 3.66. The van der Waals surface area contributed by atoms with Crippen LogP contribution < -0.4 is 0 Å². The second kappa shape index (κ2) is 12.9. The van der Waals surface area contributed by atoms with Crippen LogP contribution in [-0.4, -0.2) is 52.9 Å². The Balaban J connectivity index is 1.54. The maximum atomic E-state index is 11.0. The number of likely N-dealkylation sites (tertiary alicyclic amines) is 1. The molecule has 2 aromatic rings. The fraction of sp³-hybridized carbons (Fsp3) is 0.519. The molecule has 2 N–H and O–H groups in total. The van der Waals surface area contributed by atoms with Crippen LogP contribution in [0.15, 0.2) is 36.4 Å². The average molecular weight is 508 g/mol. The van der Waals surface area contributed by atoms with E-state index in [2.05, 4.69) is 24.0 Å². The van der Waals surface area contributed by atoms with Crippen LogP contribution >= 0.6 is 23.2 Å². The maximum absolute atomic E-state index is 11.0. The summed E-state index contributed by atoms with van der Waals surface area (Å²) in [5, 5.41) is 21.1. The summed E-state index contributed by atoms with van der Waals surface area (Å²) >= 11 is 12.4. The van der Waals surface area contributed by atoms with Crippen LogP contribution in [0.1, 0.15) is 61.5 Å². The highest BCUT2D eigenvalue weighted by Crippen LogP contribution is 2.27. The van der Waals surface area contributed by atoms with Gasteiger partial charge in [0.2, 0.25) is 0 Å². The topological polar surface area (TPSA) is 70.0 Å². The third kappa shape index (κ3) is 7.69. The standard InChI is InChI=1S/C27H35Cl2NO4/c1-3-20-13-19(6-10-26(20)29)14-23-5-4-12-30(23)16-24(31)17-34-18(2)25-9-8-22(28)15-21(25)7-11-27(32)33/h6,8-10,13,15,18,23-24,31H,3-5,7,11-12,14,16-17H2,1-2H3,(H,32,33)/t18-,23+,24?/m1/s1. The van der Waals surface area contributed by atoms with Crippen LogP contribution in [0.4, 0.5) is 0 Å². The molecule has 2 aromatic carbocycles. The van der Waals surface area contributed by atoms with Crippen molar-refractivity contribution in [3.63, 3.8) is 0 Å². The van der Waals surface area contributed by atoms with Crippen LogP contribution in [0, 0.1) is 0 Å². The molecule has 5 nitrogen and oxygen atoms in total. The number of aliphatic carboxylic acids is 1. The van der Waals surface area contributed by atoms with Crippen molar-refractivity contribution in [3.8, 4) is 0 Å². The highest BCUT2D eigenvalue weighted by molar-refractivity contribution is 6.31. The molecular weight excluding hydrogens is 473 g/mol. The van der Waals surface area contributed by atoms with E-state index in [0.717, 1.165) is 48.4 Å². The average Bonchev–Trinajstić information content (AvgIpc) is 3.23. The Kier molecular flexibility index (Phi) is 10.2. The molecule has 0 spiro atoms. The third-order valence-electron chi connectivity index (χ3n) is 6.60. The number of carboxylic acid groups (broad SMARTS) is 1. The molecule has 3 rings (SSSR count). The first-order chi connectivity index (χ1) is 16.3. The Bertz CT molecular complexity index is 968. The Labute approximate surface area is 212 Å². The molecule has 1 aliphatic rings. The van der Waals surface area contributed by atoms with Gasteiger partial charge in [-0.2, -0.15) is 0 Å². The largest absolute Gasteiger partial charge is 0.481 e. The van der Waals surface area contributed by atoms with E-state index in [1.54, 1.807) is 12.1 Å². The fourth-order valence-electron chi connectivity index (χ4n) is 4.76. The van der Waals surface area contributed by atoms with Crippen molar-refractivity contribution in [1.82, 2.24) is 4.90 Å². The van der Waals surface area contributed by atoms with E-state index in [0.29, 0.717) is 24.0 Å². The van der Waals surface area contributed by atoms with Gasteiger partial charge in [0.15, 0.2) is 0 Å².